The molecule has 2 aromatic heterocycles. The van der Waals surface area contributed by atoms with Crippen molar-refractivity contribution in [3.63, 3.8) is 0 Å². The Morgan fingerprint density at radius 2 is 2.24 bits per heavy atom. The lowest BCUT2D eigenvalue weighted by Gasteiger charge is -2.50. The van der Waals surface area contributed by atoms with Gasteiger partial charge in [-0.15, -0.1) is 0 Å². The van der Waals surface area contributed by atoms with Gasteiger partial charge in [-0.3, -0.25) is 19.5 Å². The fourth-order valence-electron chi connectivity index (χ4n) is 3.95. The number of nitrogens with two attached hydrogens (primary N) is 2. The number of aromatic nitrogens is 3. The second kappa shape index (κ2) is 11.9. The molecule has 2 aliphatic rings. The Hall–Kier alpha value is -3.21. The highest BCUT2D eigenvalue weighted by Gasteiger charge is 2.54. The van der Waals surface area contributed by atoms with Gasteiger partial charge in [-0.05, 0) is 25.0 Å². The van der Waals surface area contributed by atoms with Crippen LogP contribution < -0.4 is 16.8 Å². The molecular formula is C21H24N8O5S3. The molecule has 37 heavy (non-hydrogen) atoms. The minimum atomic E-state index is -1.21. The highest BCUT2D eigenvalue weighted by atomic mass is 32.2. The number of β-lactam (4-membered cyclic amide) rings is 1. The quantitative estimate of drug-likeness (QED) is 0.129. The van der Waals surface area contributed by atoms with Crippen molar-refractivity contribution < 1.29 is 24.3 Å². The monoisotopic (exact) mass is 564 g/mol. The summed E-state index contributed by atoms with van der Waals surface area (Å²) in [5.41, 5.74) is 11.7. The molecule has 1 fully saturated rings. The number of amides is 2. The van der Waals surface area contributed by atoms with Crippen LogP contribution in [0.1, 0.15) is 24.4 Å². The van der Waals surface area contributed by atoms with Gasteiger partial charge >= 0.3 is 5.97 Å². The Morgan fingerprint density at radius 1 is 1.43 bits per heavy atom. The van der Waals surface area contributed by atoms with Crippen LogP contribution in [-0.4, -0.2) is 79.3 Å². The molecule has 196 valence electrons. The van der Waals surface area contributed by atoms with Gasteiger partial charge in [0.25, 0.3) is 11.8 Å². The second-order valence-electron chi connectivity index (χ2n) is 7.81. The number of hydrogen-bond donors (Lipinski definition) is 4. The summed E-state index contributed by atoms with van der Waals surface area (Å²) in [5, 5.41) is 16.4. The van der Waals surface area contributed by atoms with Gasteiger partial charge in [0.05, 0.1) is 11.7 Å². The minimum absolute atomic E-state index is 0.0316. The van der Waals surface area contributed by atoms with Gasteiger partial charge in [-0.2, -0.15) is 21.1 Å². The summed E-state index contributed by atoms with van der Waals surface area (Å²) < 4.78 is 3.96. The van der Waals surface area contributed by atoms with E-state index in [1.165, 1.54) is 23.8 Å². The molecule has 4 rings (SSSR count). The number of rotatable bonds is 11. The van der Waals surface area contributed by atoms with Gasteiger partial charge in [-0.25, -0.2) is 4.79 Å². The van der Waals surface area contributed by atoms with E-state index < -0.39 is 29.9 Å². The standard InChI is InChI=1S/C21H24N8O5S3/c1-34-27-15(17-26-21(23)37-28-17)18(30)25-14-11-4-5-13(16(20(32)33)29(11)19(14)31)36-12-3-2-7-24-10(12)9-35-8-6-22/h2-3,7,11,14H,4-6,8-9,22H2,1H3,(H,25,30)(H,32,33)(H2,23,26,28)/b27-15-/t11-,14+/m1/s1. The summed E-state index contributed by atoms with van der Waals surface area (Å²) in [6, 6.07) is 2.23. The number of carboxylic acids is 1. The predicted molar refractivity (Wildman–Crippen MR) is 140 cm³/mol. The topological polar surface area (TPSA) is 199 Å². The Kier molecular flexibility index (Phi) is 8.63. The number of oxime groups is 1. The van der Waals surface area contributed by atoms with E-state index in [2.05, 4.69) is 24.8 Å². The normalized spacial score (nSPS) is 19.4. The van der Waals surface area contributed by atoms with E-state index in [4.69, 9.17) is 16.3 Å². The van der Waals surface area contributed by atoms with Crippen molar-refractivity contribution in [3.05, 3.63) is 40.5 Å². The average Bonchev–Trinajstić information content (AvgIpc) is 3.32. The van der Waals surface area contributed by atoms with Crippen molar-refractivity contribution >= 4 is 63.7 Å². The molecule has 6 N–H and O–H groups in total. The van der Waals surface area contributed by atoms with Gasteiger partial charge in [0, 0.05) is 45.6 Å². The van der Waals surface area contributed by atoms with Crippen LogP contribution in [-0.2, 0) is 25.0 Å². The molecule has 2 aromatic rings. The summed E-state index contributed by atoms with van der Waals surface area (Å²) in [5.74, 6) is -1.08. The fourth-order valence-corrected chi connectivity index (χ4v) is 6.37. The molecule has 2 atom stereocenters. The maximum atomic E-state index is 13.1. The number of anilines is 1. The van der Waals surface area contributed by atoms with Gasteiger partial charge in [0.1, 0.15) is 18.8 Å². The average molecular weight is 565 g/mol. The Labute approximate surface area is 224 Å². The molecule has 2 aliphatic heterocycles. The van der Waals surface area contributed by atoms with Crippen LogP contribution in [0, 0.1) is 0 Å². The highest BCUT2D eigenvalue weighted by Crippen LogP contribution is 2.44. The number of allylic oxidation sites excluding steroid dienone is 1. The maximum Gasteiger partial charge on any atom is 0.353 e. The van der Waals surface area contributed by atoms with Crippen LogP contribution in [0.3, 0.4) is 0 Å². The summed E-state index contributed by atoms with van der Waals surface area (Å²) >= 11 is 3.83. The van der Waals surface area contributed by atoms with Gasteiger partial charge in [0.15, 0.2) is 5.13 Å². The molecule has 13 nitrogen and oxygen atoms in total. The van der Waals surface area contributed by atoms with E-state index in [0.717, 1.165) is 27.9 Å². The highest BCUT2D eigenvalue weighted by molar-refractivity contribution is 8.03. The molecule has 0 unspecified atom stereocenters. The van der Waals surface area contributed by atoms with Crippen LogP contribution >= 0.6 is 35.1 Å². The third kappa shape index (κ3) is 5.71. The third-order valence-corrected chi connectivity index (χ3v) is 8.30. The molecule has 0 aromatic carbocycles. The van der Waals surface area contributed by atoms with E-state index in [1.807, 2.05) is 6.07 Å². The molecule has 0 radical (unpaired) electrons. The minimum Gasteiger partial charge on any atom is -0.477 e. The number of aliphatic carboxylic acids is 1. The number of nitrogens with one attached hydrogen (secondary N) is 1. The van der Waals surface area contributed by atoms with Crippen LogP contribution in [0.4, 0.5) is 5.13 Å². The molecule has 2 amide bonds. The molecule has 1 saturated heterocycles. The van der Waals surface area contributed by atoms with Gasteiger partial charge in [-0.1, -0.05) is 16.9 Å². The Balaban J connectivity index is 1.52. The number of fused-ring (bicyclic) bond motifs is 1. The number of nitrogen functional groups attached to an aromatic ring is 1. The second-order valence-corrected chi connectivity index (χ2v) is 10.8. The first-order valence-corrected chi connectivity index (χ1v) is 13.8. The molecule has 0 spiro atoms. The summed E-state index contributed by atoms with van der Waals surface area (Å²) in [7, 11) is 1.26. The van der Waals surface area contributed by atoms with Crippen LogP contribution in [0.25, 0.3) is 0 Å². The predicted octanol–water partition coefficient (Wildman–Crippen LogP) is 0.636. The van der Waals surface area contributed by atoms with Crippen LogP contribution in [0.5, 0.6) is 0 Å². The van der Waals surface area contributed by atoms with Crippen LogP contribution in [0.2, 0.25) is 0 Å². The van der Waals surface area contributed by atoms with E-state index >= 15 is 0 Å². The smallest absolute Gasteiger partial charge is 0.353 e. The van der Waals surface area contributed by atoms with Crippen molar-refractivity contribution in [1.82, 2.24) is 24.6 Å². The third-order valence-electron chi connectivity index (χ3n) is 5.52. The molecule has 16 heteroatoms. The van der Waals surface area contributed by atoms with Crippen molar-refractivity contribution in [1.29, 1.82) is 0 Å². The molecular weight excluding hydrogens is 540 g/mol. The van der Waals surface area contributed by atoms with Crippen molar-refractivity contribution in [3.8, 4) is 0 Å². The fraction of sp³-hybridized carbons (Fsp3) is 0.381. The van der Waals surface area contributed by atoms with Gasteiger partial charge in [0.2, 0.25) is 11.5 Å². The molecule has 0 bridgehead atoms. The molecule has 0 aliphatic carbocycles. The van der Waals surface area contributed by atoms with Crippen molar-refractivity contribution in [2.75, 3.05) is 25.1 Å². The first-order valence-electron chi connectivity index (χ1n) is 11.1. The van der Waals surface area contributed by atoms with Crippen molar-refractivity contribution in [2.45, 2.75) is 35.6 Å². The number of thioether (sulfide) groups is 2. The number of nitrogens with zero attached hydrogens (tertiary/aromatic N) is 5. The van der Waals surface area contributed by atoms with Crippen molar-refractivity contribution in [2.24, 2.45) is 10.9 Å². The number of hydrogen-bond acceptors (Lipinski definition) is 13. The van der Waals surface area contributed by atoms with E-state index in [-0.39, 0.29) is 22.4 Å². The zero-order chi connectivity index (χ0) is 26.5. The number of pyridine rings is 1. The zero-order valence-corrected chi connectivity index (χ0v) is 22.1. The van der Waals surface area contributed by atoms with E-state index in [9.17, 15) is 19.5 Å². The lowest BCUT2D eigenvalue weighted by Crippen LogP contribution is -2.72. The Bertz CT molecular complexity index is 1270. The zero-order valence-electron chi connectivity index (χ0n) is 19.6. The lowest BCUT2D eigenvalue weighted by molar-refractivity contribution is -0.155. The number of carbonyl (C=O) groups excluding carboxylic acids is 2. The van der Waals surface area contributed by atoms with E-state index in [1.54, 1.807) is 24.0 Å². The van der Waals surface area contributed by atoms with Gasteiger partial charge < -0.3 is 26.7 Å². The summed E-state index contributed by atoms with van der Waals surface area (Å²) in [4.78, 5) is 53.9. The Morgan fingerprint density at radius 3 is 2.92 bits per heavy atom. The maximum absolute atomic E-state index is 13.1. The summed E-state index contributed by atoms with van der Waals surface area (Å²) in [6.07, 6.45) is 2.57. The first-order chi connectivity index (χ1) is 17.8. The van der Waals surface area contributed by atoms with Crippen LogP contribution in [0.15, 0.2) is 39.0 Å². The molecule has 4 heterocycles. The largest absolute Gasteiger partial charge is 0.477 e. The summed E-state index contributed by atoms with van der Waals surface area (Å²) in [6.45, 7) is 0.553. The molecule has 0 saturated carbocycles. The lowest BCUT2D eigenvalue weighted by atomic mass is 9.86. The SMILES string of the molecule is CO/N=C(\C(=O)N[C@@H]1C(=O)N2C(C(=O)O)=C(Sc3cccnc3CSCCN)CC[C@H]12)c1nsc(N)n1. The van der Waals surface area contributed by atoms with E-state index in [0.29, 0.717) is 30.0 Å². The number of carboxylic acid groups (broad SMARTS) is 1. The number of carbonyl (C=O) groups is 3. The first kappa shape index (κ1) is 26.8.